The standard InChI is InChI=1S/C19H25N3O2/c1-3-4-5-10-21-19(23)16-11-17(14-20-13-16)22-12-15-6-8-18(24-2)9-7-15/h6-9,11,13-14,22H,3-5,10,12H2,1-2H3,(H,21,23). The number of hydrogen-bond donors (Lipinski definition) is 2. The van der Waals surface area contributed by atoms with Crippen LogP contribution in [0.2, 0.25) is 0 Å². The number of methoxy groups -OCH3 is 1. The van der Waals surface area contributed by atoms with Crippen molar-refractivity contribution in [1.29, 1.82) is 0 Å². The maximum atomic E-state index is 12.1. The first-order valence-corrected chi connectivity index (χ1v) is 8.33. The maximum absolute atomic E-state index is 12.1. The number of benzene rings is 1. The molecule has 2 aromatic rings. The van der Waals surface area contributed by atoms with Gasteiger partial charge in [-0.3, -0.25) is 9.78 Å². The van der Waals surface area contributed by atoms with Gasteiger partial charge in [0.1, 0.15) is 5.75 Å². The zero-order valence-corrected chi connectivity index (χ0v) is 14.3. The van der Waals surface area contributed by atoms with Gasteiger partial charge >= 0.3 is 0 Å². The molecule has 0 saturated heterocycles. The molecule has 128 valence electrons. The first-order valence-electron chi connectivity index (χ1n) is 8.33. The SMILES string of the molecule is CCCCCNC(=O)c1cncc(NCc2ccc(OC)cc2)c1. The third kappa shape index (κ3) is 5.57. The fourth-order valence-electron chi connectivity index (χ4n) is 2.29. The van der Waals surface area contributed by atoms with Crippen molar-refractivity contribution in [3.63, 3.8) is 0 Å². The zero-order chi connectivity index (χ0) is 17.2. The number of nitrogens with zero attached hydrogens (tertiary/aromatic N) is 1. The molecule has 5 nitrogen and oxygen atoms in total. The van der Waals surface area contributed by atoms with Gasteiger partial charge in [-0.1, -0.05) is 31.9 Å². The van der Waals surface area contributed by atoms with E-state index in [0.29, 0.717) is 18.7 Å². The molecule has 24 heavy (non-hydrogen) atoms. The Morgan fingerprint density at radius 2 is 1.96 bits per heavy atom. The van der Waals surface area contributed by atoms with Crippen LogP contribution in [-0.4, -0.2) is 24.5 Å². The minimum atomic E-state index is -0.0771. The molecular weight excluding hydrogens is 302 g/mol. The van der Waals surface area contributed by atoms with Gasteiger partial charge in [0, 0.05) is 25.5 Å². The number of carbonyl (C=O) groups is 1. The molecular formula is C19H25N3O2. The number of unbranched alkanes of at least 4 members (excludes halogenated alkanes) is 2. The Kier molecular flexibility index (Phi) is 7.08. The zero-order valence-electron chi connectivity index (χ0n) is 14.3. The Labute approximate surface area is 143 Å². The first-order chi connectivity index (χ1) is 11.7. The third-order valence-corrected chi connectivity index (χ3v) is 3.72. The third-order valence-electron chi connectivity index (χ3n) is 3.72. The van der Waals surface area contributed by atoms with Crippen LogP contribution in [0.15, 0.2) is 42.7 Å². The van der Waals surface area contributed by atoms with E-state index in [4.69, 9.17) is 4.74 Å². The number of hydrogen-bond acceptors (Lipinski definition) is 4. The van der Waals surface area contributed by atoms with Gasteiger partial charge in [-0.2, -0.15) is 0 Å². The summed E-state index contributed by atoms with van der Waals surface area (Å²) in [6, 6.07) is 9.68. The van der Waals surface area contributed by atoms with E-state index in [1.807, 2.05) is 30.3 Å². The summed E-state index contributed by atoms with van der Waals surface area (Å²) in [6.07, 6.45) is 6.58. The van der Waals surface area contributed by atoms with Crippen molar-refractivity contribution in [2.45, 2.75) is 32.7 Å². The molecule has 0 fully saturated rings. The Balaban J connectivity index is 1.88. The van der Waals surface area contributed by atoms with E-state index in [1.165, 1.54) is 0 Å². The monoisotopic (exact) mass is 327 g/mol. The van der Waals surface area contributed by atoms with Crippen LogP contribution >= 0.6 is 0 Å². The lowest BCUT2D eigenvalue weighted by Gasteiger charge is -2.09. The number of nitrogens with one attached hydrogen (secondary N) is 2. The topological polar surface area (TPSA) is 63.2 Å². The van der Waals surface area contributed by atoms with Gasteiger partial charge in [0.05, 0.1) is 18.4 Å². The second-order valence-corrected chi connectivity index (χ2v) is 5.63. The second-order valence-electron chi connectivity index (χ2n) is 5.63. The van der Waals surface area contributed by atoms with Crippen LogP contribution in [0.1, 0.15) is 42.1 Å². The van der Waals surface area contributed by atoms with Crippen molar-refractivity contribution in [3.05, 3.63) is 53.9 Å². The highest BCUT2D eigenvalue weighted by Gasteiger charge is 2.06. The molecule has 1 amide bonds. The molecule has 0 spiro atoms. The number of rotatable bonds is 9. The van der Waals surface area contributed by atoms with Gasteiger partial charge in [0.15, 0.2) is 0 Å². The summed E-state index contributed by atoms with van der Waals surface area (Å²) in [7, 11) is 1.65. The fraction of sp³-hybridized carbons (Fsp3) is 0.368. The molecule has 1 aromatic heterocycles. The average molecular weight is 327 g/mol. The van der Waals surface area contributed by atoms with Crippen LogP contribution in [0.3, 0.4) is 0 Å². The van der Waals surface area contributed by atoms with Crippen molar-refractivity contribution in [1.82, 2.24) is 10.3 Å². The van der Waals surface area contributed by atoms with Crippen molar-refractivity contribution < 1.29 is 9.53 Å². The first kappa shape index (κ1) is 17.8. The molecule has 2 N–H and O–H groups in total. The Morgan fingerprint density at radius 3 is 2.67 bits per heavy atom. The smallest absolute Gasteiger partial charge is 0.252 e. The van der Waals surface area contributed by atoms with Crippen LogP contribution in [0.5, 0.6) is 5.75 Å². The molecule has 5 heteroatoms. The quantitative estimate of drug-likeness (QED) is 0.691. The summed E-state index contributed by atoms with van der Waals surface area (Å²) >= 11 is 0. The van der Waals surface area contributed by atoms with Crippen molar-refractivity contribution in [2.24, 2.45) is 0 Å². The highest BCUT2D eigenvalue weighted by molar-refractivity contribution is 5.94. The molecule has 0 bridgehead atoms. The van der Waals surface area contributed by atoms with E-state index in [9.17, 15) is 4.79 Å². The van der Waals surface area contributed by atoms with Crippen molar-refractivity contribution >= 4 is 11.6 Å². The van der Waals surface area contributed by atoms with Gasteiger partial charge in [0.25, 0.3) is 5.91 Å². The van der Waals surface area contributed by atoms with Gasteiger partial charge < -0.3 is 15.4 Å². The van der Waals surface area contributed by atoms with Crippen LogP contribution < -0.4 is 15.4 Å². The summed E-state index contributed by atoms with van der Waals surface area (Å²) in [6.45, 7) is 3.51. The molecule has 0 aliphatic heterocycles. The molecule has 0 aliphatic carbocycles. The van der Waals surface area contributed by atoms with E-state index in [0.717, 1.165) is 36.3 Å². The Morgan fingerprint density at radius 1 is 1.17 bits per heavy atom. The van der Waals surface area contributed by atoms with Gasteiger partial charge in [-0.25, -0.2) is 0 Å². The average Bonchev–Trinajstić information content (AvgIpc) is 2.64. The molecule has 0 aliphatic rings. The van der Waals surface area contributed by atoms with Crippen LogP contribution in [0, 0.1) is 0 Å². The normalized spacial score (nSPS) is 10.2. The van der Waals surface area contributed by atoms with E-state index >= 15 is 0 Å². The molecule has 2 rings (SSSR count). The van der Waals surface area contributed by atoms with Crippen LogP contribution in [-0.2, 0) is 6.54 Å². The van der Waals surface area contributed by atoms with Gasteiger partial charge in [-0.15, -0.1) is 0 Å². The van der Waals surface area contributed by atoms with Crippen LogP contribution in [0.25, 0.3) is 0 Å². The molecule has 1 heterocycles. The molecule has 0 unspecified atom stereocenters. The minimum absolute atomic E-state index is 0.0771. The van der Waals surface area contributed by atoms with Crippen LogP contribution in [0.4, 0.5) is 5.69 Å². The van der Waals surface area contributed by atoms with Crippen molar-refractivity contribution in [3.8, 4) is 5.75 Å². The summed E-state index contributed by atoms with van der Waals surface area (Å²) in [5, 5.41) is 6.21. The second kappa shape index (κ2) is 9.55. The number of ether oxygens (including phenoxy) is 1. The fourth-order valence-corrected chi connectivity index (χ4v) is 2.29. The molecule has 0 atom stereocenters. The number of aromatic nitrogens is 1. The maximum Gasteiger partial charge on any atom is 0.252 e. The Hall–Kier alpha value is -2.56. The van der Waals surface area contributed by atoms with E-state index in [1.54, 1.807) is 19.5 Å². The predicted molar refractivity (Wildman–Crippen MR) is 96.4 cm³/mol. The number of amides is 1. The lowest BCUT2D eigenvalue weighted by molar-refractivity contribution is 0.0952. The summed E-state index contributed by atoms with van der Waals surface area (Å²) in [5.41, 5.74) is 2.53. The van der Waals surface area contributed by atoms with E-state index < -0.39 is 0 Å². The molecule has 0 saturated carbocycles. The van der Waals surface area contributed by atoms with E-state index in [2.05, 4.69) is 22.5 Å². The van der Waals surface area contributed by atoms with Gasteiger partial charge in [-0.05, 0) is 30.2 Å². The largest absolute Gasteiger partial charge is 0.497 e. The number of anilines is 1. The summed E-state index contributed by atoms with van der Waals surface area (Å²) < 4.78 is 5.15. The van der Waals surface area contributed by atoms with Crippen molar-refractivity contribution in [2.75, 3.05) is 19.0 Å². The lowest BCUT2D eigenvalue weighted by Crippen LogP contribution is -2.24. The Bertz CT molecular complexity index is 641. The van der Waals surface area contributed by atoms with Gasteiger partial charge in [0.2, 0.25) is 0 Å². The highest BCUT2D eigenvalue weighted by atomic mass is 16.5. The number of pyridine rings is 1. The highest BCUT2D eigenvalue weighted by Crippen LogP contribution is 2.14. The summed E-state index contributed by atoms with van der Waals surface area (Å²) in [5.74, 6) is 0.758. The lowest BCUT2D eigenvalue weighted by atomic mass is 10.2. The van der Waals surface area contributed by atoms with E-state index in [-0.39, 0.29) is 5.91 Å². The predicted octanol–water partition coefficient (Wildman–Crippen LogP) is 3.62. The number of carbonyl (C=O) groups excluding carboxylic acids is 1. The molecule has 0 radical (unpaired) electrons. The summed E-state index contributed by atoms with van der Waals surface area (Å²) in [4.78, 5) is 16.3. The molecule has 1 aromatic carbocycles. The minimum Gasteiger partial charge on any atom is -0.497 e.